The molecule has 0 spiro atoms. The van der Waals surface area contributed by atoms with Crippen LogP contribution >= 0.6 is 23.2 Å². The number of morpholine rings is 1. The van der Waals surface area contributed by atoms with E-state index in [4.69, 9.17) is 27.9 Å². The Morgan fingerprint density at radius 1 is 1.41 bits per heavy atom. The fourth-order valence-electron chi connectivity index (χ4n) is 4.36. The van der Waals surface area contributed by atoms with E-state index in [-0.39, 0.29) is 24.6 Å². The van der Waals surface area contributed by atoms with Gasteiger partial charge in [0, 0.05) is 42.6 Å². The molecule has 1 heterocycles. The number of carbonyl (C=O) groups excluding carboxylic acids is 1. The minimum absolute atomic E-state index is 0.00664. The van der Waals surface area contributed by atoms with Crippen LogP contribution in [0.5, 0.6) is 0 Å². The average Bonchev–Trinajstić information content (AvgIpc) is 2.96. The van der Waals surface area contributed by atoms with E-state index in [0.717, 1.165) is 30.8 Å². The third-order valence-electron chi connectivity index (χ3n) is 5.53. The van der Waals surface area contributed by atoms with E-state index in [1.807, 2.05) is 18.0 Å². The van der Waals surface area contributed by atoms with E-state index in [9.17, 15) is 9.90 Å². The van der Waals surface area contributed by atoms with Crippen molar-refractivity contribution in [2.75, 3.05) is 46.4 Å². The van der Waals surface area contributed by atoms with Crippen molar-refractivity contribution in [2.45, 2.75) is 38.5 Å². The predicted molar refractivity (Wildman–Crippen MR) is 116 cm³/mol. The minimum Gasteiger partial charge on any atom is -0.391 e. The van der Waals surface area contributed by atoms with Crippen molar-refractivity contribution < 1.29 is 14.6 Å². The fourth-order valence-corrected chi connectivity index (χ4v) is 4.94. The first kappa shape index (κ1) is 22.8. The summed E-state index contributed by atoms with van der Waals surface area (Å²) in [7, 11) is 1.83. The van der Waals surface area contributed by atoms with Gasteiger partial charge < -0.3 is 15.2 Å². The summed E-state index contributed by atoms with van der Waals surface area (Å²) in [5, 5.41) is 14.6. The van der Waals surface area contributed by atoms with Crippen LogP contribution in [-0.4, -0.2) is 79.4 Å². The van der Waals surface area contributed by atoms with Crippen molar-refractivity contribution in [1.29, 1.82) is 0 Å². The first-order valence-electron chi connectivity index (χ1n) is 10.2. The molecule has 1 aliphatic heterocycles. The molecular weight excluding hydrogens is 413 g/mol. The third-order valence-corrected chi connectivity index (χ3v) is 6.09. The quantitative estimate of drug-likeness (QED) is 0.676. The van der Waals surface area contributed by atoms with Gasteiger partial charge in [0.25, 0.3) is 0 Å². The molecule has 8 heteroatoms. The Kier molecular flexibility index (Phi) is 7.81. The van der Waals surface area contributed by atoms with Crippen LogP contribution < -0.4 is 5.32 Å². The van der Waals surface area contributed by atoms with Crippen LogP contribution in [0.15, 0.2) is 12.1 Å². The normalized spacial score (nSPS) is 24.9. The van der Waals surface area contributed by atoms with Gasteiger partial charge in [-0.1, -0.05) is 37.0 Å². The molecule has 29 heavy (non-hydrogen) atoms. The number of fused-ring (bicyclic) bond motifs is 1. The number of nitrogens with one attached hydrogen (secondary N) is 1. The molecule has 1 amide bonds. The van der Waals surface area contributed by atoms with Crippen molar-refractivity contribution in [3.05, 3.63) is 33.3 Å². The van der Waals surface area contributed by atoms with E-state index in [0.29, 0.717) is 35.5 Å². The van der Waals surface area contributed by atoms with Crippen LogP contribution in [0.2, 0.25) is 10.0 Å². The molecule has 0 radical (unpaired) electrons. The number of ether oxygens (including phenoxy) is 1. The molecule has 1 aliphatic carbocycles. The SMILES string of the molecule is CC(C)CN1CCOC(CNC(=O)CN(C)C2c3cc(Cl)cc(Cl)c3CC2O)C1. The highest BCUT2D eigenvalue weighted by atomic mass is 35.5. The van der Waals surface area contributed by atoms with Crippen LogP contribution in [0.25, 0.3) is 0 Å². The highest BCUT2D eigenvalue weighted by Crippen LogP contribution is 2.40. The largest absolute Gasteiger partial charge is 0.391 e. The van der Waals surface area contributed by atoms with E-state index < -0.39 is 6.10 Å². The van der Waals surface area contributed by atoms with Crippen LogP contribution in [0.4, 0.5) is 0 Å². The van der Waals surface area contributed by atoms with E-state index in [2.05, 4.69) is 24.1 Å². The van der Waals surface area contributed by atoms with Gasteiger partial charge >= 0.3 is 0 Å². The first-order valence-corrected chi connectivity index (χ1v) is 11.0. The number of carbonyl (C=O) groups is 1. The number of hydrogen-bond acceptors (Lipinski definition) is 5. The number of rotatable bonds is 7. The molecule has 1 saturated heterocycles. The van der Waals surface area contributed by atoms with Crippen LogP contribution in [0.3, 0.4) is 0 Å². The molecule has 1 aromatic carbocycles. The Morgan fingerprint density at radius 2 is 2.17 bits per heavy atom. The zero-order chi connectivity index (χ0) is 21.1. The summed E-state index contributed by atoms with van der Waals surface area (Å²) in [6.07, 6.45) is -0.152. The fraction of sp³-hybridized carbons (Fsp3) is 0.667. The van der Waals surface area contributed by atoms with Gasteiger partial charge in [-0.05, 0) is 36.2 Å². The lowest BCUT2D eigenvalue weighted by Gasteiger charge is -2.34. The summed E-state index contributed by atoms with van der Waals surface area (Å²) in [4.78, 5) is 16.7. The summed E-state index contributed by atoms with van der Waals surface area (Å²) >= 11 is 12.4. The molecule has 3 unspecified atom stereocenters. The number of aliphatic hydroxyl groups is 1. The molecule has 3 rings (SSSR count). The number of aliphatic hydroxyl groups excluding tert-OH is 1. The molecule has 3 atom stereocenters. The lowest BCUT2D eigenvalue weighted by atomic mass is 10.1. The Hall–Kier alpha value is -0.890. The number of benzene rings is 1. The van der Waals surface area contributed by atoms with Gasteiger partial charge in [0.15, 0.2) is 0 Å². The summed E-state index contributed by atoms with van der Waals surface area (Å²) in [6, 6.07) is 3.22. The van der Waals surface area contributed by atoms with Crippen LogP contribution in [0, 0.1) is 5.92 Å². The predicted octanol–water partition coefficient (Wildman–Crippen LogP) is 2.36. The van der Waals surface area contributed by atoms with Crippen molar-refractivity contribution in [3.63, 3.8) is 0 Å². The zero-order valence-electron chi connectivity index (χ0n) is 17.3. The molecule has 2 aliphatic rings. The van der Waals surface area contributed by atoms with Crippen molar-refractivity contribution >= 4 is 29.1 Å². The van der Waals surface area contributed by atoms with E-state index >= 15 is 0 Å². The van der Waals surface area contributed by atoms with Gasteiger partial charge in [0.1, 0.15) is 0 Å². The maximum Gasteiger partial charge on any atom is 0.234 e. The summed E-state index contributed by atoms with van der Waals surface area (Å²) in [5.41, 5.74) is 1.80. The molecule has 6 nitrogen and oxygen atoms in total. The lowest BCUT2D eigenvalue weighted by Crippen LogP contribution is -2.49. The zero-order valence-corrected chi connectivity index (χ0v) is 18.8. The Bertz CT molecular complexity index is 731. The average molecular weight is 444 g/mol. The van der Waals surface area contributed by atoms with Crippen molar-refractivity contribution in [3.8, 4) is 0 Å². The second-order valence-corrected chi connectivity index (χ2v) is 9.38. The number of amides is 1. The van der Waals surface area contributed by atoms with Gasteiger partial charge in [-0.25, -0.2) is 0 Å². The van der Waals surface area contributed by atoms with Gasteiger partial charge in [-0.3, -0.25) is 14.6 Å². The molecular formula is C21H31Cl2N3O3. The molecule has 0 aromatic heterocycles. The maximum absolute atomic E-state index is 12.5. The highest BCUT2D eigenvalue weighted by Gasteiger charge is 2.36. The summed E-state index contributed by atoms with van der Waals surface area (Å²) in [6.45, 7) is 8.59. The smallest absolute Gasteiger partial charge is 0.234 e. The van der Waals surface area contributed by atoms with Gasteiger partial charge in [0.05, 0.1) is 31.4 Å². The third kappa shape index (κ3) is 5.84. The first-order chi connectivity index (χ1) is 13.7. The number of nitrogens with zero attached hydrogens (tertiary/aromatic N) is 2. The summed E-state index contributed by atoms with van der Waals surface area (Å²) < 4.78 is 5.80. The number of hydrogen-bond donors (Lipinski definition) is 2. The summed E-state index contributed by atoms with van der Waals surface area (Å²) in [5.74, 6) is 0.519. The number of likely N-dealkylation sites (N-methyl/N-ethyl adjacent to an activating group) is 1. The molecule has 2 N–H and O–H groups in total. The van der Waals surface area contributed by atoms with E-state index in [1.54, 1.807) is 6.07 Å². The molecule has 1 fully saturated rings. The Balaban J connectivity index is 1.52. The topological polar surface area (TPSA) is 65.0 Å². The molecule has 0 saturated carbocycles. The standard InChI is InChI=1S/C21H31Cl2N3O3/c1-13(2)10-26-4-5-29-15(11-26)9-24-20(28)12-25(3)21-17-6-14(22)7-18(23)16(17)8-19(21)27/h6-7,13,15,19,21,27H,4-5,8-12H2,1-3H3,(H,24,28). The Morgan fingerprint density at radius 3 is 2.90 bits per heavy atom. The monoisotopic (exact) mass is 443 g/mol. The van der Waals surface area contributed by atoms with Gasteiger partial charge in [0.2, 0.25) is 5.91 Å². The van der Waals surface area contributed by atoms with Crippen molar-refractivity contribution in [1.82, 2.24) is 15.1 Å². The number of halogens is 2. The maximum atomic E-state index is 12.5. The Labute approximate surface area is 183 Å². The van der Waals surface area contributed by atoms with Gasteiger partial charge in [-0.15, -0.1) is 0 Å². The van der Waals surface area contributed by atoms with Crippen LogP contribution in [0.1, 0.15) is 31.0 Å². The minimum atomic E-state index is -0.620. The molecule has 162 valence electrons. The second-order valence-electron chi connectivity index (χ2n) is 8.54. The molecule has 0 bridgehead atoms. The van der Waals surface area contributed by atoms with Crippen LogP contribution in [-0.2, 0) is 16.0 Å². The van der Waals surface area contributed by atoms with E-state index in [1.165, 1.54) is 0 Å². The highest BCUT2D eigenvalue weighted by molar-refractivity contribution is 6.35. The molecule has 1 aromatic rings. The lowest BCUT2D eigenvalue weighted by molar-refractivity contribution is -0.124. The van der Waals surface area contributed by atoms with Crippen molar-refractivity contribution in [2.24, 2.45) is 5.92 Å². The van der Waals surface area contributed by atoms with Gasteiger partial charge in [-0.2, -0.15) is 0 Å². The second kappa shape index (κ2) is 9.94.